The molecule has 0 radical (unpaired) electrons. The summed E-state index contributed by atoms with van der Waals surface area (Å²) in [7, 11) is 0. The molecule has 0 spiro atoms. The lowest BCUT2D eigenvalue weighted by molar-refractivity contribution is -0.151. The van der Waals surface area contributed by atoms with Gasteiger partial charge in [0.2, 0.25) is 11.8 Å². The van der Waals surface area contributed by atoms with Gasteiger partial charge < -0.3 is 25.8 Å². The second kappa shape index (κ2) is 9.42. The highest BCUT2D eigenvalue weighted by Gasteiger charge is 2.44. The third-order valence-electron chi connectivity index (χ3n) is 6.56. The third-order valence-corrected chi connectivity index (χ3v) is 7.29. The molecule has 5 rings (SSSR count). The third kappa shape index (κ3) is 4.48. The lowest BCUT2D eigenvalue weighted by Crippen LogP contribution is -2.67. The van der Waals surface area contributed by atoms with Crippen molar-refractivity contribution >= 4 is 46.2 Å². The summed E-state index contributed by atoms with van der Waals surface area (Å²) in [4.78, 5) is 44.6. The maximum absolute atomic E-state index is 13.2. The number of nitrogens with one attached hydrogen (secondary N) is 4. The van der Waals surface area contributed by atoms with Gasteiger partial charge in [-0.1, -0.05) is 24.3 Å². The van der Waals surface area contributed by atoms with Crippen molar-refractivity contribution in [2.45, 2.75) is 42.3 Å². The molecule has 3 aromatic rings. The molecule has 3 atom stereocenters. The van der Waals surface area contributed by atoms with Crippen molar-refractivity contribution in [3.63, 3.8) is 0 Å². The number of nitrogens with zero attached hydrogens (tertiary/aromatic N) is 1. The number of piperidine rings is 1. The topological polar surface area (TPSA) is 106 Å². The maximum atomic E-state index is 13.2. The molecule has 2 fully saturated rings. The van der Waals surface area contributed by atoms with Gasteiger partial charge in [-0.3, -0.25) is 9.59 Å². The molecule has 3 unspecified atom stereocenters. The predicted molar refractivity (Wildman–Crippen MR) is 133 cm³/mol. The number of piperazine rings is 1. The van der Waals surface area contributed by atoms with Crippen molar-refractivity contribution in [1.82, 2.24) is 20.5 Å². The van der Waals surface area contributed by atoms with Crippen LogP contribution in [0.25, 0.3) is 10.9 Å². The van der Waals surface area contributed by atoms with Crippen molar-refractivity contribution in [3.05, 3.63) is 60.3 Å². The Kier molecular flexibility index (Phi) is 6.19. The summed E-state index contributed by atoms with van der Waals surface area (Å²) < 4.78 is 0. The van der Waals surface area contributed by atoms with Crippen LogP contribution >= 0.6 is 11.8 Å². The molecule has 0 saturated carbocycles. The number of aromatic nitrogens is 1. The Morgan fingerprint density at radius 2 is 2.03 bits per heavy atom. The van der Waals surface area contributed by atoms with Gasteiger partial charge in [0, 0.05) is 46.7 Å². The zero-order valence-electron chi connectivity index (χ0n) is 18.8. The van der Waals surface area contributed by atoms with Crippen LogP contribution in [0.15, 0.2) is 59.6 Å². The fourth-order valence-corrected chi connectivity index (χ4v) is 5.31. The van der Waals surface area contributed by atoms with Gasteiger partial charge >= 0.3 is 6.03 Å². The molecule has 176 valence electrons. The number of rotatable bonds is 5. The number of H-pyrrole nitrogens is 1. The highest BCUT2D eigenvalue weighted by atomic mass is 32.2. The van der Waals surface area contributed by atoms with Crippen LogP contribution in [0.1, 0.15) is 18.4 Å². The van der Waals surface area contributed by atoms with Gasteiger partial charge in [0.15, 0.2) is 0 Å². The predicted octanol–water partition coefficient (Wildman–Crippen LogP) is 3.11. The normalized spacial score (nSPS) is 22.3. The number of thioether (sulfide) groups is 1. The number of urea groups is 1. The summed E-state index contributed by atoms with van der Waals surface area (Å²) in [5.74, 6) is -0.226. The Bertz CT molecular complexity index is 1240. The second-order valence-corrected chi connectivity index (χ2v) is 9.60. The van der Waals surface area contributed by atoms with Crippen LogP contribution in [0.2, 0.25) is 0 Å². The van der Waals surface area contributed by atoms with E-state index in [1.165, 1.54) is 0 Å². The van der Waals surface area contributed by atoms with Crippen molar-refractivity contribution in [2.24, 2.45) is 0 Å². The first-order valence-electron chi connectivity index (χ1n) is 11.4. The number of anilines is 1. The summed E-state index contributed by atoms with van der Waals surface area (Å²) in [6.45, 7) is 0.439. The Labute approximate surface area is 201 Å². The Morgan fingerprint density at radius 1 is 1.18 bits per heavy atom. The Hall–Kier alpha value is -3.46. The van der Waals surface area contributed by atoms with Crippen LogP contribution in [0, 0.1) is 0 Å². The smallest absolute Gasteiger partial charge is 0.319 e. The molecule has 34 heavy (non-hydrogen) atoms. The minimum Gasteiger partial charge on any atom is -0.361 e. The van der Waals surface area contributed by atoms with Gasteiger partial charge in [0.05, 0.1) is 0 Å². The molecule has 2 aliphatic rings. The van der Waals surface area contributed by atoms with Crippen LogP contribution < -0.4 is 16.0 Å². The summed E-state index contributed by atoms with van der Waals surface area (Å²) in [6, 6.07) is 13.9. The number of benzene rings is 2. The average molecular weight is 478 g/mol. The first-order valence-corrected chi connectivity index (χ1v) is 12.6. The number of hydrogen-bond donors (Lipinski definition) is 4. The molecule has 0 aliphatic carbocycles. The lowest BCUT2D eigenvalue weighted by Gasteiger charge is -2.44. The minimum absolute atomic E-state index is 0.0633. The zero-order valence-corrected chi connectivity index (χ0v) is 19.7. The van der Waals surface area contributed by atoms with Gasteiger partial charge in [-0.15, -0.1) is 11.8 Å². The number of fused-ring (bicyclic) bond motifs is 2. The number of aromatic amines is 1. The van der Waals surface area contributed by atoms with E-state index in [9.17, 15) is 14.4 Å². The van der Waals surface area contributed by atoms with Crippen molar-refractivity contribution in [2.75, 3.05) is 18.1 Å². The summed E-state index contributed by atoms with van der Waals surface area (Å²) in [6.07, 6.45) is 5.33. The first kappa shape index (κ1) is 22.3. The second-order valence-electron chi connectivity index (χ2n) is 8.72. The van der Waals surface area contributed by atoms with E-state index in [0.29, 0.717) is 31.5 Å². The quantitative estimate of drug-likeness (QED) is 0.424. The maximum Gasteiger partial charge on any atom is 0.319 e. The van der Waals surface area contributed by atoms with Crippen molar-refractivity contribution < 1.29 is 14.4 Å². The molecule has 2 saturated heterocycles. The van der Waals surface area contributed by atoms with E-state index in [4.69, 9.17) is 0 Å². The fourth-order valence-electron chi connectivity index (χ4n) is 4.85. The molecule has 1 aromatic heterocycles. The van der Waals surface area contributed by atoms with Crippen LogP contribution in [0.3, 0.4) is 0 Å². The lowest BCUT2D eigenvalue weighted by atomic mass is 9.91. The zero-order chi connectivity index (χ0) is 23.7. The van der Waals surface area contributed by atoms with Crippen LogP contribution in [-0.4, -0.2) is 58.7 Å². The summed E-state index contributed by atoms with van der Waals surface area (Å²) in [5, 5.41) is 9.80. The molecule has 0 bridgehead atoms. The van der Waals surface area contributed by atoms with E-state index < -0.39 is 12.1 Å². The van der Waals surface area contributed by atoms with E-state index in [1.54, 1.807) is 16.7 Å². The fraction of sp³-hybridized carbons (Fsp3) is 0.320. The molecular weight excluding hydrogens is 450 g/mol. The average Bonchev–Trinajstić information content (AvgIpc) is 3.25. The van der Waals surface area contributed by atoms with E-state index in [2.05, 4.69) is 20.9 Å². The number of amides is 4. The highest BCUT2D eigenvalue weighted by Crippen LogP contribution is 2.26. The highest BCUT2D eigenvalue weighted by molar-refractivity contribution is 7.98. The number of carbonyl (C=O) groups excluding carboxylic acids is 3. The summed E-state index contributed by atoms with van der Waals surface area (Å²) >= 11 is 1.60. The number of carbonyl (C=O) groups is 3. The number of hydrogen-bond acceptors (Lipinski definition) is 4. The van der Waals surface area contributed by atoms with Gasteiger partial charge in [0.1, 0.15) is 12.1 Å². The molecule has 9 heteroatoms. The Balaban J connectivity index is 1.20. The molecule has 4 amide bonds. The molecule has 2 aliphatic heterocycles. The van der Waals surface area contributed by atoms with Crippen LogP contribution in [0.4, 0.5) is 10.5 Å². The van der Waals surface area contributed by atoms with Gasteiger partial charge in [-0.05, 0) is 48.9 Å². The summed E-state index contributed by atoms with van der Waals surface area (Å²) in [5.41, 5.74) is 2.73. The van der Waals surface area contributed by atoms with E-state index >= 15 is 0 Å². The van der Waals surface area contributed by atoms with Gasteiger partial charge in [-0.25, -0.2) is 4.79 Å². The number of para-hydroxylation sites is 1. The largest absolute Gasteiger partial charge is 0.361 e. The van der Waals surface area contributed by atoms with Gasteiger partial charge in [-0.2, -0.15) is 0 Å². The molecular formula is C25H27N5O3S. The van der Waals surface area contributed by atoms with E-state index in [0.717, 1.165) is 21.4 Å². The van der Waals surface area contributed by atoms with E-state index in [1.807, 2.05) is 61.0 Å². The first-order chi connectivity index (χ1) is 16.5. The van der Waals surface area contributed by atoms with Crippen LogP contribution in [-0.2, 0) is 16.0 Å². The van der Waals surface area contributed by atoms with Gasteiger partial charge in [0.25, 0.3) is 0 Å². The van der Waals surface area contributed by atoms with Crippen molar-refractivity contribution in [1.29, 1.82) is 0 Å². The minimum atomic E-state index is -0.584. The van der Waals surface area contributed by atoms with E-state index in [-0.39, 0.29) is 23.9 Å². The SMILES string of the molecule is CSc1cccc(NC(=O)NC2CCN3C(=O)C(Cc4c[nH]c5ccccc45)NC(=O)C3C2)c1. The van der Waals surface area contributed by atoms with Crippen LogP contribution in [0.5, 0.6) is 0 Å². The van der Waals surface area contributed by atoms with Crippen molar-refractivity contribution in [3.8, 4) is 0 Å². The molecule has 2 aromatic carbocycles. The molecule has 3 heterocycles. The molecule has 4 N–H and O–H groups in total. The monoisotopic (exact) mass is 477 g/mol. The molecule has 8 nitrogen and oxygen atoms in total. The standard InChI is InChI=1S/C25H27N5O3S/c1-34-18-6-4-5-16(12-18)27-25(33)28-17-9-10-30-22(13-17)23(31)29-21(24(30)32)11-15-14-26-20-8-3-2-7-19(15)20/h2-8,12,14,17,21-22,26H,9-11,13H2,1H3,(H,29,31)(H2,27,28,33). The Morgan fingerprint density at radius 3 is 2.88 bits per heavy atom.